The summed E-state index contributed by atoms with van der Waals surface area (Å²) in [6.45, 7) is 4.05. The molecular weight excluding hydrogens is 417 g/mol. The van der Waals surface area contributed by atoms with Gasteiger partial charge in [-0.3, -0.25) is 9.59 Å². The van der Waals surface area contributed by atoms with Gasteiger partial charge in [0, 0.05) is 11.8 Å². The molecule has 0 saturated heterocycles. The van der Waals surface area contributed by atoms with E-state index >= 15 is 0 Å². The van der Waals surface area contributed by atoms with E-state index in [9.17, 15) is 22.8 Å². The molecule has 0 atom stereocenters. The average Bonchev–Trinajstić information content (AvgIpc) is 3.01. The molecule has 4 nitrogen and oxygen atoms in total. The van der Waals surface area contributed by atoms with Crippen LogP contribution in [-0.4, -0.2) is 11.8 Å². The van der Waals surface area contributed by atoms with Gasteiger partial charge in [0.25, 0.3) is 11.8 Å². The second kappa shape index (κ2) is 8.34. The zero-order valence-corrected chi connectivity index (χ0v) is 17.3. The summed E-state index contributed by atoms with van der Waals surface area (Å²) in [6, 6.07) is 15.2. The molecule has 2 amide bonds. The highest BCUT2D eigenvalue weighted by molar-refractivity contribution is 6.46. The number of halogens is 3. The number of carbonyl (C=O) groups is 2. The Bertz CT molecular complexity index is 1230. The molecule has 0 unspecified atom stereocenters. The number of benzene rings is 3. The Morgan fingerprint density at radius 1 is 0.781 bits per heavy atom. The Balaban J connectivity index is 1.79. The maximum Gasteiger partial charge on any atom is 0.282 e. The Morgan fingerprint density at radius 2 is 1.44 bits per heavy atom. The smallest absolute Gasteiger partial charge is 0.282 e. The van der Waals surface area contributed by atoms with Gasteiger partial charge in [-0.1, -0.05) is 38.1 Å². The third-order valence-corrected chi connectivity index (χ3v) is 5.22. The summed E-state index contributed by atoms with van der Waals surface area (Å²) < 4.78 is 40.5. The van der Waals surface area contributed by atoms with E-state index < -0.39 is 29.3 Å². The van der Waals surface area contributed by atoms with E-state index in [4.69, 9.17) is 0 Å². The number of imide groups is 1. The molecule has 7 heteroatoms. The van der Waals surface area contributed by atoms with Gasteiger partial charge in [-0.15, -0.1) is 0 Å². The number of hydrogen-bond acceptors (Lipinski definition) is 3. The SMILES string of the molecule is CC(C)c1ccc(N2C(=O)C(Nc3ccc(F)c(F)c3)=C(c3ccc(F)cc3)C2=O)cc1. The molecule has 3 aromatic rings. The van der Waals surface area contributed by atoms with Crippen LogP contribution in [0.1, 0.15) is 30.9 Å². The third-order valence-electron chi connectivity index (χ3n) is 5.22. The highest BCUT2D eigenvalue weighted by atomic mass is 19.2. The second-order valence-corrected chi connectivity index (χ2v) is 7.70. The summed E-state index contributed by atoms with van der Waals surface area (Å²) in [4.78, 5) is 27.6. The summed E-state index contributed by atoms with van der Waals surface area (Å²) in [5, 5.41) is 2.75. The fourth-order valence-electron chi connectivity index (χ4n) is 3.49. The molecule has 0 radical (unpaired) electrons. The number of amides is 2. The lowest BCUT2D eigenvalue weighted by Crippen LogP contribution is -2.32. The van der Waals surface area contributed by atoms with E-state index in [2.05, 4.69) is 5.32 Å². The third kappa shape index (κ3) is 3.89. The molecule has 0 spiro atoms. The van der Waals surface area contributed by atoms with Gasteiger partial charge in [0.05, 0.1) is 11.3 Å². The van der Waals surface area contributed by atoms with Crippen LogP contribution in [0.2, 0.25) is 0 Å². The summed E-state index contributed by atoms with van der Waals surface area (Å²) in [5.41, 5.74) is 1.71. The largest absolute Gasteiger partial charge is 0.350 e. The Hall–Kier alpha value is -3.87. The van der Waals surface area contributed by atoms with Crippen molar-refractivity contribution in [3.8, 4) is 0 Å². The van der Waals surface area contributed by atoms with Crippen LogP contribution in [0.15, 0.2) is 72.4 Å². The van der Waals surface area contributed by atoms with Crippen molar-refractivity contribution in [1.82, 2.24) is 0 Å². The zero-order valence-electron chi connectivity index (χ0n) is 17.3. The fourth-order valence-corrected chi connectivity index (χ4v) is 3.49. The van der Waals surface area contributed by atoms with Crippen LogP contribution in [-0.2, 0) is 9.59 Å². The maximum atomic E-state index is 13.7. The highest BCUT2D eigenvalue weighted by Crippen LogP contribution is 2.34. The molecule has 0 bridgehead atoms. The van der Waals surface area contributed by atoms with Gasteiger partial charge in [-0.05, 0) is 53.4 Å². The molecule has 0 aromatic heterocycles. The molecule has 0 saturated carbocycles. The van der Waals surface area contributed by atoms with E-state index in [-0.39, 0.29) is 22.9 Å². The summed E-state index contributed by atoms with van der Waals surface area (Å²) in [6.07, 6.45) is 0. The van der Waals surface area contributed by atoms with Crippen LogP contribution in [0, 0.1) is 17.5 Å². The minimum atomic E-state index is -1.10. The van der Waals surface area contributed by atoms with Crippen molar-refractivity contribution in [2.24, 2.45) is 0 Å². The van der Waals surface area contributed by atoms with Crippen molar-refractivity contribution in [2.75, 3.05) is 10.2 Å². The monoisotopic (exact) mass is 436 g/mol. The fraction of sp³-hybridized carbons (Fsp3) is 0.120. The first-order chi connectivity index (χ1) is 15.3. The minimum Gasteiger partial charge on any atom is -0.350 e. The number of hydrogen-bond donors (Lipinski definition) is 1. The van der Waals surface area contributed by atoms with E-state index in [0.717, 1.165) is 22.6 Å². The Morgan fingerprint density at radius 3 is 2.03 bits per heavy atom. The van der Waals surface area contributed by atoms with E-state index in [1.807, 2.05) is 26.0 Å². The molecule has 1 aliphatic heterocycles. The van der Waals surface area contributed by atoms with Crippen LogP contribution in [0.3, 0.4) is 0 Å². The van der Waals surface area contributed by atoms with Gasteiger partial charge in [0.2, 0.25) is 0 Å². The highest BCUT2D eigenvalue weighted by Gasteiger charge is 2.40. The van der Waals surface area contributed by atoms with Crippen LogP contribution < -0.4 is 10.2 Å². The van der Waals surface area contributed by atoms with Crippen molar-refractivity contribution in [3.63, 3.8) is 0 Å². The molecule has 1 N–H and O–H groups in total. The Labute approximate surface area is 183 Å². The van der Waals surface area contributed by atoms with Crippen LogP contribution >= 0.6 is 0 Å². The van der Waals surface area contributed by atoms with Crippen molar-refractivity contribution >= 4 is 28.8 Å². The molecule has 162 valence electrons. The number of anilines is 2. The number of nitrogens with zero attached hydrogens (tertiary/aromatic N) is 1. The molecule has 1 heterocycles. The van der Waals surface area contributed by atoms with Crippen molar-refractivity contribution in [2.45, 2.75) is 19.8 Å². The van der Waals surface area contributed by atoms with Gasteiger partial charge in [0.1, 0.15) is 11.5 Å². The molecular formula is C25H19F3N2O2. The Kier molecular flexibility index (Phi) is 5.57. The average molecular weight is 436 g/mol. The predicted octanol–water partition coefficient (Wildman–Crippen LogP) is 5.62. The molecule has 0 aliphatic carbocycles. The van der Waals surface area contributed by atoms with Crippen molar-refractivity contribution in [3.05, 3.63) is 101 Å². The zero-order chi connectivity index (χ0) is 23.0. The first kappa shape index (κ1) is 21.4. The van der Waals surface area contributed by atoms with Crippen LogP contribution in [0.5, 0.6) is 0 Å². The van der Waals surface area contributed by atoms with E-state index in [0.29, 0.717) is 11.3 Å². The topological polar surface area (TPSA) is 49.4 Å². The van der Waals surface area contributed by atoms with E-state index in [1.165, 1.54) is 30.3 Å². The summed E-state index contributed by atoms with van der Waals surface area (Å²) in [7, 11) is 0. The van der Waals surface area contributed by atoms with Gasteiger partial charge in [-0.25, -0.2) is 18.1 Å². The molecule has 4 rings (SSSR count). The first-order valence-electron chi connectivity index (χ1n) is 9.97. The van der Waals surface area contributed by atoms with Gasteiger partial charge in [-0.2, -0.15) is 0 Å². The van der Waals surface area contributed by atoms with E-state index in [1.54, 1.807) is 12.1 Å². The lowest BCUT2D eigenvalue weighted by atomic mass is 10.0. The standard InChI is InChI=1S/C25H19F3N2O2/c1-14(2)15-5-10-19(11-6-15)30-24(31)22(16-3-7-17(26)8-4-16)23(25(30)32)29-18-9-12-20(27)21(28)13-18/h3-14,29H,1-2H3. The molecule has 32 heavy (non-hydrogen) atoms. The lowest BCUT2D eigenvalue weighted by Gasteiger charge is -2.16. The molecule has 1 aliphatic rings. The van der Waals surface area contributed by atoms with Crippen molar-refractivity contribution < 1.29 is 22.8 Å². The number of carbonyl (C=O) groups excluding carboxylic acids is 2. The summed E-state index contributed by atoms with van der Waals surface area (Å²) in [5.74, 6) is -3.63. The molecule has 0 fully saturated rings. The molecule has 3 aromatic carbocycles. The quantitative estimate of drug-likeness (QED) is 0.528. The normalized spacial score (nSPS) is 14.0. The van der Waals surface area contributed by atoms with Gasteiger partial charge < -0.3 is 5.32 Å². The minimum absolute atomic E-state index is 0.00710. The van der Waals surface area contributed by atoms with Crippen molar-refractivity contribution in [1.29, 1.82) is 0 Å². The maximum absolute atomic E-state index is 13.7. The van der Waals surface area contributed by atoms with Crippen LogP contribution in [0.25, 0.3) is 5.57 Å². The second-order valence-electron chi connectivity index (χ2n) is 7.70. The lowest BCUT2D eigenvalue weighted by molar-refractivity contribution is -0.120. The van der Waals surface area contributed by atoms with Crippen LogP contribution in [0.4, 0.5) is 24.5 Å². The predicted molar refractivity (Wildman–Crippen MR) is 116 cm³/mol. The summed E-state index contributed by atoms with van der Waals surface area (Å²) >= 11 is 0. The van der Waals surface area contributed by atoms with Gasteiger partial charge in [0.15, 0.2) is 11.6 Å². The number of nitrogens with one attached hydrogen (secondary N) is 1. The first-order valence-corrected chi connectivity index (χ1v) is 9.97. The number of rotatable bonds is 5. The van der Waals surface area contributed by atoms with Gasteiger partial charge >= 0.3 is 0 Å².